The summed E-state index contributed by atoms with van der Waals surface area (Å²) in [6.45, 7) is 7.60. The highest BCUT2D eigenvalue weighted by Gasteiger charge is 2.27. The molecule has 1 aromatic carbocycles. The maximum atomic E-state index is 13.3. The molecule has 0 radical (unpaired) electrons. The number of benzene rings is 1. The van der Waals surface area contributed by atoms with Gasteiger partial charge in [0.1, 0.15) is 10.6 Å². The van der Waals surface area contributed by atoms with Crippen LogP contribution in [0.5, 0.6) is 5.75 Å². The van der Waals surface area contributed by atoms with Crippen molar-refractivity contribution in [3.63, 3.8) is 0 Å². The second-order valence-corrected chi connectivity index (χ2v) is 8.74. The van der Waals surface area contributed by atoms with Crippen molar-refractivity contribution in [2.24, 2.45) is 0 Å². The third kappa shape index (κ3) is 3.64. The number of H-pyrrole nitrogens is 1. The molecule has 1 unspecified atom stereocenters. The van der Waals surface area contributed by atoms with E-state index in [0.29, 0.717) is 33.8 Å². The average Bonchev–Trinajstić information content (AvgIpc) is 3.18. The van der Waals surface area contributed by atoms with Crippen LogP contribution in [0, 0.1) is 4.77 Å². The number of carbonyl (C=O) groups excluding carboxylic acids is 2. The molecule has 3 aromatic rings. The number of aryl methyl sites for hydroxylation is 1. The number of fused-ring (bicyclic) bond motifs is 2. The highest BCUT2D eigenvalue weighted by molar-refractivity contribution is 7.71. The Morgan fingerprint density at radius 2 is 2.16 bits per heavy atom. The van der Waals surface area contributed by atoms with E-state index in [1.165, 1.54) is 20.8 Å². The van der Waals surface area contributed by atoms with Gasteiger partial charge in [0.2, 0.25) is 0 Å². The number of nitrogens with zero attached hydrogens (tertiary/aromatic N) is 2. The van der Waals surface area contributed by atoms with Crippen LogP contribution in [0.15, 0.2) is 41.7 Å². The average molecular weight is 456 g/mol. The molecular formula is C22H21N3O4S2. The van der Waals surface area contributed by atoms with E-state index >= 15 is 0 Å². The monoisotopic (exact) mass is 455 g/mol. The predicted octanol–water partition coefficient (Wildman–Crippen LogP) is 4.04. The molecule has 31 heavy (non-hydrogen) atoms. The highest BCUT2D eigenvalue weighted by atomic mass is 32.1. The molecule has 2 aromatic heterocycles. The highest BCUT2D eigenvalue weighted by Crippen LogP contribution is 2.34. The van der Waals surface area contributed by atoms with Gasteiger partial charge in [-0.3, -0.25) is 19.0 Å². The molecule has 4 rings (SSSR count). The third-order valence-electron chi connectivity index (χ3n) is 5.28. The lowest BCUT2D eigenvalue weighted by atomic mass is 10.0. The minimum Gasteiger partial charge on any atom is -0.482 e. The third-order valence-corrected chi connectivity index (χ3v) is 6.78. The summed E-state index contributed by atoms with van der Waals surface area (Å²) in [6, 6.07) is 5.94. The first-order valence-corrected chi connectivity index (χ1v) is 11.1. The van der Waals surface area contributed by atoms with Gasteiger partial charge < -0.3 is 14.6 Å². The largest absolute Gasteiger partial charge is 0.482 e. The number of amides is 1. The number of anilines is 1. The molecule has 7 nitrogen and oxygen atoms in total. The van der Waals surface area contributed by atoms with Crippen molar-refractivity contribution in [1.82, 2.24) is 9.55 Å². The molecule has 0 aliphatic carbocycles. The Balaban J connectivity index is 1.76. The Kier molecular flexibility index (Phi) is 5.63. The van der Waals surface area contributed by atoms with E-state index < -0.39 is 6.04 Å². The number of ether oxygens (including phenoxy) is 1. The quantitative estimate of drug-likeness (QED) is 0.345. The second-order valence-electron chi connectivity index (χ2n) is 7.22. The molecule has 0 saturated heterocycles. The summed E-state index contributed by atoms with van der Waals surface area (Å²) in [7, 11) is 0. The number of carbonyl (C=O) groups is 2. The number of nitrogens with one attached hydrogen (secondary N) is 1. The number of thiophene rings is 1. The van der Waals surface area contributed by atoms with Crippen molar-refractivity contribution >= 4 is 51.1 Å². The lowest BCUT2D eigenvalue weighted by Gasteiger charge is -2.29. The van der Waals surface area contributed by atoms with Crippen molar-refractivity contribution in [3.05, 3.63) is 62.5 Å². The Labute approximate surface area is 187 Å². The van der Waals surface area contributed by atoms with Gasteiger partial charge >= 0.3 is 0 Å². The fraction of sp³-hybridized carbons (Fsp3) is 0.273. The number of rotatable bonds is 6. The van der Waals surface area contributed by atoms with E-state index in [4.69, 9.17) is 17.0 Å². The Bertz CT molecular complexity index is 1330. The van der Waals surface area contributed by atoms with Crippen LogP contribution >= 0.6 is 23.6 Å². The molecule has 0 bridgehead atoms. The van der Waals surface area contributed by atoms with Crippen molar-refractivity contribution in [2.75, 3.05) is 18.1 Å². The molecule has 0 saturated carbocycles. The Hall–Kier alpha value is -3.04. The van der Waals surface area contributed by atoms with E-state index in [-0.39, 0.29) is 28.6 Å². The minimum atomic E-state index is -0.822. The number of Topliss-reactive ketones (excluding diaryl/α,β-unsaturated/α-hetero) is 1. The van der Waals surface area contributed by atoms with Gasteiger partial charge in [-0.25, -0.2) is 0 Å². The molecule has 1 atom stereocenters. The van der Waals surface area contributed by atoms with Crippen LogP contribution in [0.3, 0.4) is 0 Å². The first-order valence-electron chi connectivity index (χ1n) is 9.85. The van der Waals surface area contributed by atoms with Crippen LogP contribution in [-0.4, -0.2) is 34.4 Å². The standard InChI is InChI=1S/C22H21N3O4S2/c1-4-8-24-16-9-13(6-7-17(16)29-11-18(24)26)19(27)12(3)25-21(28)15-10-14(5-2)31-20(15)23-22(25)30/h4,6-7,9-10,12H,1,5,8,11H2,2-3H3,(H,23,30). The van der Waals surface area contributed by atoms with Crippen molar-refractivity contribution in [1.29, 1.82) is 0 Å². The molecule has 160 valence electrons. The molecule has 9 heteroatoms. The van der Waals surface area contributed by atoms with E-state index in [1.54, 1.807) is 31.2 Å². The van der Waals surface area contributed by atoms with Gasteiger partial charge in [0, 0.05) is 17.0 Å². The number of hydrogen-bond donors (Lipinski definition) is 1. The minimum absolute atomic E-state index is 0.0600. The maximum Gasteiger partial charge on any atom is 0.265 e. The topological polar surface area (TPSA) is 84.4 Å². The second kappa shape index (κ2) is 8.24. The van der Waals surface area contributed by atoms with Crippen molar-refractivity contribution in [2.45, 2.75) is 26.3 Å². The molecule has 0 spiro atoms. The fourth-order valence-corrected chi connectivity index (χ4v) is 5.04. The van der Waals surface area contributed by atoms with Gasteiger partial charge in [0.15, 0.2) is 17.2 Å². The van der Waals surface area contributed by atoms with Crippen molar-refractivity contribution < 1.29 is 14.3 Å². The van der Waals surface area contributed by atoms with E-state index in [1.807, 2.05) is 13.0 Å². The molecule has 1 aliphatic rings. The number of hydrogen-bond acceptors (Lipinski definition) is 6. The van der Waals surface area contributed by atoms with Gasteiger partial charge in [0.05, 0.1) is 17.1 Å². The molecule has 0 fully saturated rings. The smallest absolute Gasteiger partial charge is 0.265 e. The number of aromatic amines is 1. The Morgan fingerprint density at radius 1 is 1.39 bits per heavy atom. The summed E-state index contributed by atoms with van der Waals surface area (Å²) < 4.78 is 6.99. The normalized spacial score (nSPS) is 14.3. The van der Waals surface area contributed by atoms with Crippen LogP contribution < -0.4 is 15.2 Å². The van der Waals surface area contributed by atoms with Crippen LogP contribution in [0.25, 0.3) is 10.2 Å². The number of aromatic nitrogens is 2. The summed E-state index contributed by atoms with van der Waals surface area (Å²) in [4.78, 5) is 45.0. The fourth-order valence-electron chi connectivity index (χ4n) is 3.64. The van der Waals surface area contributed by atoms with Gasteiger partial charge in [-0.2, -0.15) is 0 Å². The molecule has 1 aliphatic heterocycles. The SMILES string of the molecule is C=CCN1C(=O)COc2ccc(C(=O)C(C)n3c(=S)[nH]c4sc(CC)cc4c3=O)cc21. The van der Waals surface area contributed by atoms with E-state index in [9.17, 15) is 14.4 Å². The summed E-state index contributed by atoms with van der Waals surface area (Å²) in [6.07, 6.45) is 2.43. The number of ketones is 1. The molecule has 1 N–H and O–H groups in total. The predicted molar refractivity (Wildman–Crippen MR) is 124 cm³/mol. The first-order chi connectivity index (χ1) is 14.8. The lowest BCUT2D eigenvalue weighted by Crippen LogP contribution is -2.39. The zero-order valence-corrected chi connectivity index (χ0v) is 18.8. The van der Waals surface area contributed by atoms with E-state index in [2.05, 4.69) is 11.6 Å². The zero-order chi connectivity index (χ0) is 22.3. The van der Waals surface area contributed by atoms with Gasteiger partial charge in [-0.15, -0.1) is 17.9 Å². The molecule has 1 amide bonds. The lowest BCUT2D eigenvalue weighted by molar-refractivity contribution is -0.121. The van der Waals surface area contributed by atoms with Crippen LogP contribution in [0.1, 0.15) is 35.1 Å². The van der Waals surface area contributed by atoms with Gasteiger partial charge in [-0.05, 0) is 49.8 Å². The Morgan fingerprint density at radius 3 is 2.87 bits per heavy atom. The van der Waals surface area contributed by atoms with Crippen LogP contribution in [-0.2, 0) is 11.2 Å². The van der Waals surface area contributed by atoms with Crippen molar-refractivity contribution in [3.8, 4) is 5.75 Å². The van der Waals surface area contributed by atoms with Crippen LogP contribution in [0.2, 0.25) is 0 Å². The maximum absolute atomic E-state index is 13.3. The van der Waals surface area contributed by atoms with Crippen LogP contribution in [0.4, 0.5) is 5.69 Å². The van der Waals surface area contributed by atoms with Gasteiger partial charge in [0.25, 0.3) is 11.5 Å². The zero-order valence-electron chi connectivity index (χ0n) is 17.1. The molecular weight excluding hydrogens is 434 g/mol. The molecule has 3 heterocycles. The van der Waals surface area contributed by atoms with E-state index in [0.717, 1.165) is 11.3 Å². The summed E-state index contributed by atoms with van der Waals surface area (Å²) >= 11 is 6.89. The van der Waals surface area contributed by atoms with Gasteiger partial charge in [-0.1, -0.05) is 13.0 Å². The summed E-state index contributed by atoms with van der Waals surface area (Å²) in [5.41, 5.74) is 0.576. The first kappa shape index (κ1) is 21.2. The summed E-state index contributed by atoms with van der Waals surface area (Å²) in [5.74, 6) is 0.0246. The summed E-state index contributed by atoms with van der Waals surface area (Å²) in [5, 5.41) is 0.525.